The highest BCUT2D eigenvalue weighted by atomic mass is 16.6. The predicted octanol–water partition coefficient (Wildman–Crippen LogP) is 4.54. The van der Waals surface area contributed by atoms with E-state index in [0.717, 1.165) is 25.1 Å². The number of non-ortho nitro benzene ring substituents is 1. The highest BCUT2D eigenvalue weighted by molar-refractivity contribution is 5.85. The molecule has 1 N–H and O–H groups in total. The number of nitrogens with one attached hydrogen (secondary N) is 1. The van der Waals surface area contributed by atoms with Gasteiger partial charge in [-0.3, -0.25) is 19.9 Å². The van der Waals surface area contributed by atoms with Gasteiger partial charge < -0.3 is 4.98 Å². The molecule has 0 bridgehead atoms. The first-order valence-electron chi connectivity index (χ1n) is 10.6. The molecule has 6 rings (SSSR count). The highest BCUT2D eigenvalue weighted by Gasteiger charge is 2.51. The second kappa shape index (κ2) is 6.40. The van der Waals surface area contributed by atoms with Gasteiger partial charge in [0, 0.05) is 47.9 Å². The van der Waals surface area contributed by atoms with Crippen LogP contribution in [0.1, 0.15) is 48.3 Å². The van der Waals surface area contributed by atoms with Gasteiger partial charge in [0.15, 0.2) is 0 Å². The summed E-state index contributed by atoms with van der Waals surface area (Å²) in [6, 6.07) is 16.7. The van der Waals surface area contributed by atoms with Crippen molar-refractivity contribution in [1.29, 1.82) is 0 Å². The Balaban J connectivity index is 1.49. The average molecular weight is 388 g/mol. The summed E-state index contributed by atoms with van der Waals surface area (Å²) in [5, 5.41) is 12.7. The van der Waals surface area contributed by atoms with E-state index in [4.69, 9.17) is 0 Å². The first-order valence-corrected chi connectivity index (χ1v) is 10.6. The fourth-order valence-electron chi connectivity index (χ4n) is 5.97. The monoisotopic (exact) mass is 388 g/mol. The molecule has 2 unspecified atom stereocenters. The van der Waals surface area contributed by atoms with Crippen LogP contribution in [-0.2, 0) is 6.42 Å². The lowest BCUT2D eigenvalue weighted by Crippen LogP contribution is -2.38. The maximum atomic E-state index is 11.4. The Morgan fingerprint density at radius 3 is 2.83 bits per heavy atom. The van der Waals surface area contributed by atoms with Gasteiger partial charge in [-0.2, -0.15) is 0 Å². The third kappa shape index (κ3) is 2.49. The van der Waals surface area contributed by atoms with Crippen LogP contribution in [0.25, 0.3) is 10.9 Å². The topological polar surface area (TPSA) is 65.4 Å². The molecule has 1 aromatic heterocycles. The van der Waals surface area contributed by atoms with Gasteiger partial charge in [0.1, 0.15) is 0 Å². The number of nitro benzene ring substituents is 1. The van der Waals surface area contributed by atoms with Crippen LogP contribution in [0, 0.1) is 10.1 Å². The molecule has 6 nitrogen and oxygen atoms in total. The second-order valence-corrected chi connectivity index (χ2v) is 8.52. The number of rotatable bonds is 2. The van der Waals surface area contributed by atoms with E-state index in [1.165, 1.54) is 41.4 Å². The molecule has 6 heteroatoms. The van der Waals surface area contributed by atoms with Crippen molar-refractivity contribution in [3.8, 4) is 0 Å². The number of aromatic nitrogens is 1. The standard InChI is InChI=1S/C23H24N4O2/c28-27(29)16-7-5-6-15(14-16)23-25-12-4-3-10-20(25)22-21-18(11-13-26(22)23)17-8-1-2-9-19(17)24-21/h1-2,5-9,14,20,22-24H,3-4,10-13H2/t20-,22?,23?/m1/s1. The molecule has 0 amide bonds. The van der Waals surface area contributed by atoms with Crippen LogP contribution in [0.3, 0.4) is 0 Å². The number of para-hydroxylation sites is 1. The highest BCUT2D eigenvalue weighted by Crippen LogP contribution is 2.51. The minimum atomic E-state index is -0.282. The van der Waals surface area contributed by atoms with Crippen molar-refractivity contribution >= 4 is 16.6 Å². The van der Waals surface area contributed by atoms with Gasteiger partial charge in [0.2, 0.25) is 0 Å². The molecule has 3 aliphatic rings. The lowest BCUT2D eigenvalue weighted by Gasteiger charge is -2.35. The van der Waals surface area contributed by atoms with Gasteiger partial charge in [-0.1, -0.05) is 36.8 Å². The lowest BCUT2D eigenvalue weighted by molar-refractivity contribution is -0.385. The number of piperidine rings is 1. The molecule has 0 spiro atoms. The van der Waals surface area contributed by atoms with Crippen molar-refractivity contribution in [2.24, 2.45) is 0 Å². The van der Waals surface area contributed by atoms with E-state index < -0.39 is 0 Å². The number of nitrogens with zero attached hydrogens (tertiary/aromatic N) is 3. The Kier molecular flexibility index (Phi) is 3.79. The Bertz CT molecular complexity index is 1110. The molecule has 0 saturated carbocycles. The van der Waals surface area contributed by atoms with Crippen LogP contribution in [0.2, 0.25) is 0 Å². The van der Waals surface area contributed by atoms with E-state index in [1.807, 2.05) is 6.07 Å². The number of aromatic amines is 1. The zero-order chi connectivity index (χ0) is 19.5. The summed E-state index contributed by atoms with van der Waals surface area (Å²) in [4.78, 5) is 20.0. The van der Waals surface area contributed by atoms with Crippen molar-refractivity contribution < 1.29 is 4.92 Å². The minimum Gasteiger partial charge on any atom is -0.357 e. The molecule has 4 heterocycles. The van der Waals surface area contributed by atoms with Crippen molar-refractivity contribution in [3.63, 3.8) is 0 Å². The molecular formula is C23H24N4O2. The summed E-state index contributed by atoms with van der Waals surface area (Å²) in [5.74, 6) is 0. The summed E-state index contributed by atoms with van der Waals surface area (Å²) in [6.45, 7) is 2.04. The first kappa shape index (κ1) is 17.2. The van der Waals surface area contributed by atoms with Gasteiger partial charge in [0.25, 0.3) is 5.69 Å². The molecule has 2 fully saturated rings. The molecule has 2 saturated heterocycles. The summed E-state index contributed by atoms with van der Waals surface area (Å²) in [5.41, 5.74) is 5.28. The Morgan fingerprint density at radius 2 is 1.93 bits per heavy atom. The lowest BCUT2D eigenvalue weighted by atomic mass is 9.90. The summed E-state index contributed by atoms with van der Waals surface area (Å²) in [7, 11) is 0. The van der Waals surface area contributed by atoms with Crippen LogP contribution in [0.5, 0.6) is 0 Å². The average Bonchev–Trinajstić information content (AvgIpc) is 3.29. The van der Waals surface area contributed by atoms with Crippen LogP contribution < -0.4 is 0 Å². The van der Waals surface area contributed by atoms with Crippen LogP contribution in [0.4, 0.5) is 5.69 Å². The zero-order valence-electron chi connectivity index (χ0n) is 16.3. The smallest absolute Gasteiger partial charge is 0.269 e. The third-order valence-corrected chi connectivity index (χ3v) is 7.08. The number of hydrogen-bond donors (Lipinski definition) is 1. The Morgan fingerprint density at radius 1 is 1.03 bits per heavy atom. The van der Waals surface area contributed by atoms with Crippen LogP contribution in [0.15, 0.2) is 48.5 Å². The number of nitro groups is 1. The maximum absolute atomic E-state index is 11.4. The summed E-state index contributed by atoms with van der Waals surface area (Å²) in [6.07, 6.45) is 4.76. The molecule has 3 atom stereocenters. The number of benzene rings is 2. The van der Waals surface area contributed by atoms with E-state index in [2.05, 4.69) is 45.1 Å². The fraction of sp³-hybridized carbons (Fsp3) is 0.391. The predicted molar refractivity (Wildman–Crippen MR) is 112 cm³/mol. The fourth-order valence-corrected chi connectivity index (χ4v) is 5.97. The van der Waals surface area contributed by atoms with Gasteiger partial charge in [-0.05, 0) is 36.5 Å². The SMILES string of the molecule is O=[N+]([O-])c1cccc(C2N3CCc4c([nH]c5ccccc45)C3[C@H]3CCCCN23)c1. The molecule has 0 radical (unpaired) electrons. The molecule has 3 aromatic rings. The van der Waals surface area contributed by atoms with Gasteiger partial charge >= 0.3 is 0 Å². The minimum absolute atomic E-state index is 0.116. The number of hydrogen-bond acceptors (Lipinski definition) is 4. The van der Waals surface area contributed by atoms with Gasteiger partial charge in [-0.15, -0.1) is 0 Å². The largest absolute Gasteiger partial charge is 0.357 e. The third-order valence-electron chi connectivity index (χ3n) is 7.08. The van der Waals surface area contributed by atoms with E-state index in [9.17, 15) is 10.1 Å². The van der Waals surface area contributed by atoms with E-state index in [-0.39, 0.29) is 16.8 Å². The Labute approximate surface area is 169 Å². The first-order chi connectivity index (χ1) is 14.2. The van der Waals surface area contributed by atoms with Crippen molar-refractivity contribution in [1.82, 2.24) is 14.8 Å². The number of fused-ring (bicyclic) bond motifs is 7. The molecule has 29 heavy (non-hydrogen) atoms. The molecule has 148 valence electrons. The van der Waals surface area contributed by atoms with Crippen molar-refractivity contribution in [2.75, 3.05) is 13.1 Å². The van der Waals surface area contributed by atoms with Crippen LogP contribution >= 0.6 is 0 Å². The van der Waals surface area contributed by atoms with E-state index in [0.29, 0.717) is 12.1 Å². The van der Waals surface area contributed by atoms with Crippen molar-refractivity contribution in [3.05, 3.63) is 75.5 Å². The van der Waals surface area contributed by atoms with Gasteiger partial charge in [0.05, 0.1) is 17.1 Å². The molecule has 3 aliphatic heterocycles. The second-order valence-electron chi connectivity index (χ2n) is 8.52. The maximum Gasteiger partial charge on any atom is 0.269 e. The van der Waals surface area contributed by atoms with Crippen molar-refractivity contribution in [2.45, 2.75) is 43.9 Å². The molecule has 2 aromatic carbocycles. The normalized spacial score (nSPS) is 26.8. The van der Waals surface area contributed by atoms with E-state index >= 15 is 0 Å². The molecule has 0 aliphatic carbocycles. The summed E-state index contributed by atoms with van der Waals surface area (Å²) < 4.78 is 0. The van der Waals surface area contributed by atoms with E-state index in [1.54, 1.807) is 12.1 Å². The Hall–Kier alpha value is -2.70. The molecular weight excluding hydrogens is 364 g/mol. The summed E-state index contributed by atoms with van der Waals surface area (Å²) >= 11 is 0. The van der Waals surface area contributed by atoms with Gasteiger partial charge in [-0.25, -0.2) is 0 Å². The quantitative estimate of drug-likeness (QED) is 0.517. The number of H-pyrrole nitrogens is 1. The van der Waals surface area contributed by atoms with Crippen LogP contribution in [-0.4, -0.2) is 38.8 Å². The zero-order valence-corrected chi connectivity index (χ0v) is 16.3.